The molecule has 1 aromatic carbocycles. The lowest BCUT2D eigenvalue weighted by molar-refractivity contribution is -0.120. The molecule has 3 nitrogen and oxygen atoms in total. The first-order valence-corrected chi connectivity index (χ1v) is 7.25. The van der Waals surface area contributed by atoms with Crippen molar-refractivity contribution in [3.05, 3.63) is 33.3 Å². The highest BCUT2D eigenvalue weighted by Crippen LogP contribution is 2.27. The van der Waals surface area contributed by atoms with Crippen LogP contribution in [0.2, 0.25) is 5.02 Å². The largest absolute Gasteiger partial charge is 0.368 e. The van der Waals surface area contributed by atoms with Gasteiger partial charge in [-0.25, -0.2) is 0 Å². The number of carbonyl (C=O) groups is 1. The van der Waals surface area contributed by atoms with Crippen molar-refractivity contribution in [3.8, 4) is 0 Å². The zero-order valence-electron chi connectivity index (χ0n) is 9.96. The fraction of sp³-hybridized carbons (Fsp3) is 0.462. The maximum Gasteiger partial charge on any atom is 0.239 e. The molecule has 0 heterocycles. The average Bonchev–Trinajstić information content (AvgIpc) is 2.82. The highest BCUT2D eigenvalue weighted by molar-refractivity contribution is 9.10. The molecular weight excluding hydrogens is 316 g/mol. The second-order valence-electron chi connectivity index (χ2n) is 4.66. The van der Waals surface area contributed by atoms with Crippen LogP contribution in [0.15, 0.2) is 22.7 Å². The summed E-state index contributed by atoms with van der Waals surface area (Å²) in [5.41, 5.74) is 6.30. The number of nitrogens with one attached hydrogen (secondary N) is 1. The number of halogens is 2. The number of benzene rings is 1. The molecule has 3 N–H and O–H groups in total. The summed E-state index contributed by atoms with van der Waals surface area (Å²) >= 11 is 9.39. The van der Waals surface area contributed by atoms with Gasteiger partial charge in [-0.1, -0.05) is 30.5 Å². The van der Waals surface area contributed by atoms with E-state index in [1.165, 1.54) is 12.8 Å². The third-order valence-electron chi connectivity index (χ3n) is 3.32. The van der Waals surface area contributed by atoms with Crippen molar-refractivity contribution in [1.29, 1.82) is 0 Å². The first kappa shape index (κ1) is 13.8. The molecule has 1 unspecified atom stereocenters. The van der Waals surface area contributed by atoms with Crippen molar-refractivity contribution in [1.82, 2.24) is 5.32 Å². The molecule has 1 aliphatic carbocycles. The number of hydrogen-bond donors (Lipinski definition) is 2. The fourth-order valence-corrected chi connectivity index (χ4v) is 2.80. The van der Waals surface area contributed by atoms with Gasteiger partial charge in [0.1, 0.15) is 6.04 Å². The monoisotopic (exact) mass is 330 g/mol. The van der Waals surface area contributed by atoms with Gasteiger partial charge in [-0.2, -0.15) is 0 Å². The Bertz CT molecular complexity index is 447. The summed E-state index contributed by atoms with van der Waals surface area (Å²) in [4.78, 5) is 11.6. The van der Waals surface area contributed by atoms with Crippen LogP contribution in [-0.2, 0) is 4.79 Å². The number of carbonyl (C=O) groups excluding carboxylic acids is 1. The van der Waals surface area contributed by atoms with Gasteiger partial charge in [0.05, 0.1) is 5.02 Å². The van der Waals surface area contributed by atoms with E-state index in [4.69, 9.17) is 17.3 Å². The van der Waals surface area contributed by atoms with Crippen LogP contribution >= 0.6 is 27.5 Å². The molecule has 1 fully saturated rings. The van der Waals surface area contributed by atoms with Crippen LogP contribution < -0.4 is 11.1 Å². The van der Waals surface area contributed by atoms with Crippen LogP contribution in [-0.4, -0.2) is 11.9 Å². The summed E-state index contributed by atoms with van der Waals surface area (Å²) in [5, 5.41) is 3.92. The molecule has 1 aromatic rings. The Labute approximate surface area is 120 Å². The van der Waals surface area contributed by atoms with Crippen LogP contribution in [0, 0.1) is 0 Å². The standard InChI is InChI=1S/C13H16BrClN2O/c14-10-6-5-8(7-11(10)15)12(13(16)18)17-9-3-1-2-4-9/h5-7,9,12,17H,1-4H2,(H2,16,18). The van der Waals surface area contributed by atoms with Crippen LogP contribution in [0.25, 0.3) is 0 Å². The van der Waals surface area contributed by atoms with Crippen molar-refractivity contribution < 1.29 is 4.79 Å². The summed E-state index contributed by atoms with van der Waals surface area (Å²) in [6.07, 6.45) is 4.64. The molecule has 2 rings (SSSR count). The zero-order chi connectivity index (χ0) is 13.1. The highest BCUT2D eigenvalue weighted by atomic mass is 79.9. The van der Waals surface area contributed by atoms with Gasteiger partial charge in [0.15, 0.2) is 0 Å². The molecule has 0 spiro atoms. The van der Waals surface area contributed by atoms with Crippen molar-refractivity contribution in [2.75, 3.05) is 0 Å². The SMILES string of the molecule is NC(=O)C(NC1CCCC1)c1ccc(Br)c(Cl)c1. The van der Waals surface area contributed by atoms with Gasteiger partial charge in [0.25, 0.3) is 0 Å². The predicted octanol–water partition coefficient (Wildman–Crippen LogP) is 3.16. The first-order valence-electron chi connectivity index (χ1n) is 6.08. The summed E-state index contributed by atoms with van der Waals surface area (Å²) in [6, 6.07) is 5.41. The smallest absolute Gasteiger partial charge is 0.239 e. The van der Waals surface area contributed by atoms with E-state index in [1.807, 2.05) is 12.1 Å². The Kier molecular flexibility index (Phi) is 4.65. The molecule has 0 aliphatic heterocycles. The van der Waals surface area contributed by atoms with Crippen molar-refractivity contribution >= 4 is 33.4 Å². The van der Waals surface area contributed by atoms with E-state index in [9.17, 15) is 4.79 Å². The molecule has 1 atom stereocenters. The molecule has 5 heteroatoms. The minimum atomic E-state index is -0.460. The van der Waals surface area contributed by atoms with E-state index in [2.05, 4.69) is 21.2 Å². The van der Waals surface area contributed by atoms with Gasteiger partial charge in [-0.15, -0.1) is 0 Å². The van der Waals surface area contributed by atoms with Crippen LogP contribution in [0.1, 0.15) is 37.3 Å². The van der Waals surface area contributed by atoms with Crippen molar-refractivity contribution in [2.24, 2.45) is 5.73 Å². The Morgan fingerprint density at radius 3 is 2.67 bits per heavy atom. The van der Waals surface area contributed by atoms with E-state index < -0.39 is 6.04 Å². The maximum atomic E-state index is 11.6. The summed E-state index contributed by atoms with van der Waals surface area (Å²) in [7, 11) is 0. The van der Waals surface area contributed by atoms with Crippen LogP contribution in [0.3, 0.4) is 0 Å². The van der Waals surface area contributed by atoms with Gasteiger partial charge in [-0.05, 0) is 46.5 Å². The lowest BCUT2D eigenvalue weighted by Gasteiger charge is -2.21. The number of nitrogens with two attached hydrogens (primary N) is 1. The van der Waals surface area contributed by atoms with Gasteiger partial charge in [-0.3, -0.25) is 10.1 Å². The summed E-state index contributed by atoms with van der Waals surface area (Å²) in [6.45, 7) is 0. The fourth-order valence-electron chi connectivity index (χ4n) is 2.36. The second kappa shape index (κ2) is 6.04. The topological polar surface area (TPSA) is 55.1 Å². The molecule has 1 aliphatic rings. The minimum Gasteiger partial charge on any atom is -0.368 e. The molecule has 0 aromatic heterocycles. The van der Waals surface area contributed by atoms with Gasteiger partial charge in [0.2, 0.25) is 5.91 Å². The number of rotatable bonds is 4. The van der Waals surface area contributed by atoms with E-state index in [0.29, 0.717) is 11.1 Å². The van der Waals surface area contributed by atoms with E-state index in [0.717, 1.165) is 22.9 Å². The summed E-state index contributed by atoms with van der Waals surface area (Å²) < 4.78 is 0.817. The van der Waals surface area contributed by atoms with E-state index in [1.54, 1.807) is 6.07 Å². The molecular formula is C13H16BrClN2O. The van der Waals surface area contributed by atoms with E-state index in [-0.39, 0.29) is 5.91 Å². The maximum absolute atomic E-state index is 11.6. The zero-order valence-corrected chi connectivity index (χ0v) is 12.3. The van der Waals surface area contributed by atoms with Gasteiger partial charge in [0, 0.05) is 10.5 Å². The molecule has 98 valence electrons. The molecule has 0 radical (unpaired) electrons. The first-order chi connectivity index (χ1) is 8.58. The normalized spacial score (nSPS) is 17.9. The molecule has 0 saturated heterocycles. The second-order valence-corrected chi connectivity index (χ2v) is 5.92. The Hall–Kier alpha value is -0.580. The number of primary amides is 1. The lowest BCUT2D eigenvalue weighted by Crippen LogP contribution is -2.38. The van der Waals surface area contributed by atoms with Crippen molar-refractivity contribution in [2.45, 2.75) is 37.8 Å². The molecule has 0 bridgehead atoms. The van der Waals surface area contributed by atoms with Gasteiger partial charge >= 0.3 is 0 Å². The molecule has 1 saturated carbocycles. The molecule has 18 heavy (non-hydrogen) atoms. The predicted molar refractivity (Wildman–Crippen MR) is 76.5 cm³/mol. The Balaban J connectivity index is 2.17. The highest BCUT2D eigenvalue weighted by Gasteiger charge is 2.24. The quantitative estimate of drug-likeness (QED) is 0.890. The number of amides is 1. The minimum absolute atomic E-state index is 0.361. The van der Waals surface area contributed by atoms with Crippen molar-refractivity contribution in [3.63, 3.8) is 0 Å². The third kappa shape index (κ3) is 3.25. The lowest BCUT2D eigenvalue weighted by atomic mass is 10.0. The Morgan fingerprint density at radius 2 is 2.11 bits per heavy atom. The van der Waals surface area contributed by atoms with Gasteiger partial charge < -0.3 is 5.73 Å². The number of hydrogen-bond acceptors (Lipinski definition) is 2. The van der Waals surface area contributed by atoms with Crippen LogP contribution in [0.4, 0.5) is 0 Å². The van der Waals surface area contributed by atoms with Crippen LogP contribution in [0.5, 0.6) is 0 Å². The average molecular weight is 332 g/mol. The summed E-state index contributed by atoms with van der Waals surface area (Å²) in [5.74, 6) is -0.361. The third-order valence-corrected chi connectivity index (χ3v) is 4.55. The van der Waals surface area contributed by atoms with E-state index >= 15 is 0 Å². The molecule has 1 amide bonds. The Morgan fingerprint density at radius 1 is 1.44 bits per heavy atom.